The Kier molecular flexibility index (Phi) is 3.73. The molecule has 1 aliphatic heterocycles. The van der Waals surface area contributed by atoms with Crippen LogP contribution >= 0.6 is 11.6 Å². The molecule has 2 rings (SSSR count). The summed E-state index contributed by atoms with van der Waals surface area (Å²) in [4.78, 5) is 13.1. The lowest BCUT2D eigenvalue weighted by atomic mass is 10.2. The van der Waals surface area contributed by atoms with Crippen molar-refractivity contribution in [2.45, 2.75) is 19.4 Å². The van der Waals surface area contributed by atoms with Crippen molar-refractivity contribution < 1.29 is 4.79 Å². The van der Waals surface area contributed by atoms with E-state index in [1.54, 1.807) is 12.1 Å². The number of hydrogen-bond acceptors (Lipinski definition) is 3. The van der Waals surface area contributed by atoms with Gasteiger partial charge in [-0.25, -0.2) is 0 Å². The highest BCUT2D eigenvalue weighted by Gasteiger charge is 2.24. The Morgan fingerprint density at radius 2 is 2.39 bits per heavy atom. The first-order valence-corrected chi connectivity index (χ1v) is 6.19. The number of rotatable bonds is 2. The first-order chi connectivity index (χ1) is 8.60. The molecule has 5 heteroatoms. The summed E-state index contributed by atoms with van der Waals surface area (Å²) in [6, 6.07) is 7.52. The number of carbonyl (C=O) groups is 1. The van der Waals surface area contributed by atoms with Crippen LogP contribution in [0.25, 0.3) is 0 Å². The van der Waals surface area contributed by atoms with Crippen molar-refractivity contribution in [2.24, 2.45) is 0 Å². The lowest BCUT2D eigenvalue weighted by molar-refractivity contribution is -0.119. The maximum absolute atomic E-state index is 11.0. The molecule has 0 aromatic heterocycles. The predicted molar refractivity (Wildman–Crippen MR) is 70.6 cm³/mol. The first kappa shape index (κ1) is 12.7. The van der Waals surface area contributed by atoms with Crippen LogP contribution in [0.3, 0.4) is 0 Å². The molecule has 1 heterocycles. The molecule has 1 N–H and O–H groups in total. The molecule has 0 aliphatic carbocycles. The van der Waals surface area contributed by atoms with E-state index in [0.717, 1.165) is 25.2 Å². The number of nitriles is 1. The number of anilines is 1. The normalized spacial score (nSPS) is 18.5. The Morgan fingerprint density at radius 3 is 3.00 bits per heavy atom. The van der Waals surface area contributed by atoms with Crippen molar-refractivity contribution in [3.05, 3.63) is 28.8 Å². The summed E-state index contributed by atoms with van der Waals surface area (Å²) in [5.41, 5.74) is 1.48. The Morgan fingerprint density at radius 1 is 1.61 bits per heavy atom. The molecule has 94 valence electrons. The lowest BCUT2D eigenvalue weighted by Gasteiger charge is -2.20. The van der Waals surface area contributed by atoms with Gasteiger partial charge in [-0.05, 0) is 24.6 Å². The van der Waals surface area contributed by atoms with Crippen LogP contribution in [0.15, 0.2) is 18.2 Å². The summed E-state index contributed by atoms with van der Waals surface area (Å²) < 4.78 is 0. The van der Waals surface area contributed by atoms with E-state index in [2.05, 4.69) is 16.3 Å². The fourth-order valence-electron chi connectivity index (χ4n) is 2.22. The molecule has 1 saturated heterocycles. The van der Waals surface area contributed by atoms with Crippen molar-refractivity contribution in [3.8, 4) is 6.07 Å². The second kappa shape index (κ2) is 5.28. The Hall–Kier alpha value is -1.73. The SMILES string of the molecule is CC(=O)NC1CCN(c2ccc(C#N)cc2Cl)C1. The standard InChI is InChI=1S/C13H14ClN3O/c1-9(18)16-11-4-5-17(8-11)13-3-2-10(7-15)6-12(13)14/h2-3,6,11H,4-5,8H2,1H3,(H,16,18). The van der Waals surface area contributed by atoms with E-state index in [1.165, 1.54) is 6.92 Å². The van der Waals surface area contributed by atoms with E-state index in [4.69, 9.17) is 16.9 Å². The Labute approximate surface area is 111 Å². The van der Waals surface area contributed by atoms with E-state index in [-0.39, 0.29) is 11.9 Å². The van der Waals surface area contributed by atoms with Crippen molar-refractivity contribution >= 4 is 23.2 Å². The zero-order chi connectivity index (χ0) is 13.1. The minimum Gasteiger partial charge on any atom is -0.368 e. The maximum atomic E-state index is 11.0. The van der Waals surface area contributed by atoms with Crippen LogP contribution < -0.4 is 10.2 Å². The van der Waals surface area contributed by atoms with Gasteiger partial charge in [0.15, 0.2) is 0 Å². The van der Waals surface area contributed by atoms with Gasteiger partial charge < -0.3 is 10.2 Å². The minimum atomic E-state index is -0.00669. The number of halogens is 1. The molecule has 1 atom stereocenters. The second-order valence-electron chi connectivity index (χ2n) is 4.41. The fraction of sp³-hybridized carbons (Fsp3) is 0.385. The van der Waals surface area contributed by atoms with E-state index in [0.29, 0.717) is 10.6 Å². The fourth-order valence-corrected chi connectivity index (χ4v) is 2.52. The van der Waals surface area contributed by atoms with Crippen LogP contribution in [0.2, 0.25) is 5.02 Å². The molecule has 1 aliphatic rings. The van der Waals surface area contributed by atoms with E-state index < -0.39 is 0 Å². The van der Waals surface area contributed by atoms with Crippen molar-refractivity contribution in [1.82, 2.24) is 5.32 Å². The zero-order valence-electron chi connectivity index (χ0n) is 10.1. The summed E-state index contributed by atoms with van der Waals surface area (Å²) in [6.07, 6.45) is 0.913. The third kappa shape index (κ3) is 2.74. The number of nitrogens with zero attached hydrogens (tertiary/aromatic N) is 2. The largest absolute Gasteiger partial charge is 0.368 e. The number of hydrogen-bond donors (Lipinski definition) is 1. The highest BCUT2D eigenvalue weighted by Crippen LogP contribution is 2.29. The van der Waals surface area contributed by atoms with Crippen LogP contribution in [-0.2, 0) is 4.79 Å². The van der Waals surface area contributed by atoms with Crippen LogP contribution in [0.4, 0.5) is 5.69 Å². The molecule has 0 bridgehead atoms. The van der Waals surface area contributed by atoms with Crippen LogP contribution in [0, 0.1) is 11.3 Å². The zero-order valence-corrected chi connectivity index (χ0v) is 10.9. The average molecular weight is 264 g/mol. The van der Waals surface area contributed by atoms with Crippen molar-refractivity contribution in [1.29, 1.82) is 5.26 Å². The van der Waals surface area contributed by atoms with Gasteiger partial charge in [0.2, 0.25) is 5.91 Å². The van der Waals surface area contributed by atoms with Crippen LogP contribution in [0.1, 0.15) is 18.9 Å². The molecule has 1 amide bonds. The molecule has 1 aromatic carbocycles. The maximum Gasteiger partial charge on any atom is 0.217 e. The predicted octanol–water partition coefficient (Wildman–Crippen LogP) is 1.93. The average Bonchev–Trinajstić information content (AvgIpc) is 2.76. The highest BCUT2D eigenvalue weighted by atomic mass is 35.5. The second-order valence-corrected chi connectivity index (χ2v) is 4.82. The summed E-state index contributed by atoms with van der Waals surface area (Å²) in [5, 5.41) is 12.3. The Balaban J connectivity index is 2.10. The van der Waals surface area contributed by atoms with Gasteiger partial charge in [0.1, 0.15) is 0 Å². The minimum absolute atomic E-state index is 0.00669. The summed E-state index contributed by atoms with van der Waals surface area (Å²) >= 11 is 6.16. The van der Waals surface area contributed by atoms with Gasteiger partial charge in [-0.3, -0.25) is 4.79 Å². The van der Waals surface area contributed by atoms with Gasteiger partial charge in [-0.2, -0.15) is 5.26 Å². The number of nitrogens with one attached hydrogen (secondary N) is 1. The van der Waals surface area contributed by atoms with Gasteiger partial charge >= 0.3 is 0 Å². The molecule has 1 fully saturated rings. The highest BCUT2D eigenvalue weighted by molar-refractivity contribution is 6.33. The molecule has 4 nitrogen and oxygen atoms in total. The molecule has 1 aromatic rings. The monoisotopic (exact) mass is 263 g/mol. The van der Waals surface area contributed by atoms with Gasteiger partial charge in [-0.15, -0.1) is 0 Å². The first-order valence-electron chi connectivity index (χ1n) is 5.82. The summed E-state index contributed by atoms with van der Waals surface area (Å²) in [5.74, 6) is -0.00669. The number of benzene rings is 1. The van der Waals surface area contributed by atoms with Crippen molar-refractivity contribution in [2.75, 3.05) is 18.0 Å². The van der Waals surface area contributed by atoms with Gasteiger partial charge in [0, 0.05) is 26.1 Å². The summed E-state index contributed by atoms with van der Waals surface area (Å²) in [6.45, 7) is 3.14. The third-order valence-electron chi connectivity index (χ3n) is 3.01. The molecular formula is C13H14ClN3O. The molecular weight excluding hydrogens is 250 g/mol. The third-order valence-corrected chi connectivity index (χ3v) is 3.32. The molecule has 0 saturated carbocycles. The van der Waals surface area contributed by atoms with Gasteiger partial charge in [-0.1, -0.05) is 11.6 Å². The quantitative estimate of drug-likeness (QED) is 0.887. The van der Waals surface area contributed by atoms with E-state index in [1.807, 2.05) is 6.07 Å². The van der Waals surface area contributed by atoms with E-state index in [9.17, 15) is 4.79 Å². The van der Waals surface area contributed by atoms with Crippen LogP contribution in [0.5, 0.6) is 0 Å². The number of carbonyl (C=O) groups excluding carboxylic acids is 1. The molecule has 18 heavy (non-hydrogen) atoms. The summed E-state index contributed by atoms with van der Waals surface area (Å²) in [7, 11) is 0. The molecule has 0 spiro atoms. The van der Waals surface area contributed by atoms with Gasteiger partial charge in [0.25, 0.3) is 0 Å². The lowest BCUT2D eigenvalue weighted by Crippen LogP contribution is -2.35. The Bertz CT molecular complexity index is 509. The smallest absolute Gasteiger partial charge is 0.217 e. The van der Waals surface area contributed by atoms with Crippen molar-refractivity contribution in [3.63, 3.8) is 0 Å². The molecule has 1 unspecified atom stereocenters. The molecule has 0 radical (unpaired) electrons. The topological polar surface area (TPSA) is 56.1 Å². The van der Waals surface area contributed by atoms with Gasteiger partial charge in [0.05, 0.1) is 22.3 Å². The number of amides is 1. The van der Waals surface area contributed by atoms with E-state index >= 15 is 0 Å². The van der Waals surface area contributed by atoms with Crippen LogP contribution in [-0.4, -0.2) is 25.0 Å².